The molecular weight excluding hydrogens is 393 g/mol. The molecule has 5 nitrogen and oxygen atoms in total. The van der Waals surface area contributed by atoms with Crippen LogP contribution in [0, 0.1) is 13.7 Å². The predicted octanol–water partition coefficient (Wildman–Crippen LogP) is 4.17. The highest BCUT2D eigenvalue weighted by Gasteiger charge is 2.15. The van der Waals surface area contributed by atoms with Gasteiger partial charge in [0.2, 0.25) is 0 Å². The predicted molar refractivity (Wildman–Crippen MR) is 85.0 cm³/mol. The summed E-state index contributed by atoms with van der Waals surface area (Å²) in [6.07, 6.45) is 3.78. The quantitative estimate of drug-likeness (QED) is 0.369. The number of pyridine rings is 1. The first-order valence-corrected chi connectivity index (χ1v) is 7.09. The number of imidazole rings is 1. The highest BCUT2D eigenvalue weighted by atomic mass is 127. The van der Waals surface area contributed by atoms with Gasteiger partial charge < -0.3 is 4.40 Å². The van der Waals surface area contributed by atoms with Crippen LogP contribution in [0.2, 0.25) is 5.02 Å². The molecule has 0 radical (unpaired) electrons. The second-order valence-corrected chi connectivity index (χ2v) is 5.82. The summed E-state index contributed by atoms with van der Waals surface area (Å²) in [4.78, 5) is 14.9. The summed E-state index contributed by atoms with van der Waals surface area (Å²) in [6.45, 7) is 0. The molecule has 0 saturated heterocycles. The van der Waals surface area contributed by atoms with Crippen LogP contribution in [0.25, 0.3) is 16.9 Å². The standard InChI is InChI=1S/C13H7ClIN3O2/c14-10-3-1-8(5-12(10)18(19)20)11-7-17-6-9(15)2-4-13(17)16-11/h1-7H. The van der Waals surface area contributed by atoms with E-state index in [0.717, 1.165) is 9.22 Å². The lowest BCUT2D eigenvalue weighted by Gasteiger charge is -1.98. The Hall–Kier alpha value is -1.67. The van der Waals surface area contributed by atoms with Crippen LogP contribution in [0.5, 0.6) is 0 Å². The Bertz CT molecular complexity index is 832. The number of nitro benzene ring substituents is 1. The first-order chi connectivity index (χ1) is 9.54. The van der Waals surface area contributed by atoms with Crippen molar-refractivity contribution in [2.45, 2.75) is 0 Å². The van der Waals surface area contributed by atoms with Crippen LogP contribution in [0.15, 0.2) is 42.7 Å². The minimum Gasteiger partial charge on any atom is -0.305 e. The maximum atomic E-state index is 10.9. The first kappa shape index (κ1) is 13.3. The van der Waals surface area contributed by atoms with E-state index in [9.17, 15) is 10.1 Å². The van der Waals surface area contributed by atoms with Gasteiger partial charge in [0.15, 0.2) is 0 Å². The van der Waals surface area contributed by atoms with Crippen LogP contribution in [-0.4, -0.2) is 14.3 Å². The fourth-order valence-corrected chi connectivity index (χ4v) is 2.58. The summed E-state index contributed by atoms with van der Waals surface area (Å²) in [6, 6.07) is 8.53. The third-order valence-electron chi connectivity index (χ3n) is 2.85. The molecule has 0 N–H and O–H groups in total. The summed E-state index contributed by atoms with van der Waals surface area (Å²) in [5.41, 5.74) is 2.01. The fourth-order valence-electron chi connectivity index (χ4n) is 1.92. The topological polar surface area (TPSA) is 60.4 Å². The van der Waals surface area contributed by atoms with E-state index in [-0.39, 0.29) is 10.7 Å². The molecule has 7 heteroatoms. The molecule has 0 saturated carbocycles. The third-order valence-corrected chi connectivity index (χ3v) is 3.81. The lowest BCUT2D eigenvalue weighted by atomic mass is 10.1. The lowest BCUT2D eigenvalue weighted by Crippen LogP contribution is -1.89. The van der Waals surface area contributed by atoms with Crippen LogP contribution in [-0.2, 0) is 0 Å². The van der Waals surface area contributed by atoms with Crippen molar-refractivity contribution in [2.75, 3.05) is 0 Å². The van der Waals surface area contributed by atoms with E-state index in [0.29, 0.717) is 11.3 Å². The molecule has 3 aromatic rings. The maximum absolute atomic E-state index is 10.9. The minimum atomic E-state index is -0.495. The van der Waals surface area contributed by atoms with Crippen molar-refractivity contribution in [2.24, 2.45) is 0 Å². The Morgan fingerprint density at radius 3 is 2.80 bits per heavy atom. The second kappa shape index (κ2) is 5.02. The van der Waals surface area contributed by atoms with Crippen molar-refractivity contribution >= 4 is 45.5 Å². The smallest absolute Gasteiger partial charge is 0.288 e. The highest BCUT2D eigenvalue weighted by Crippen LogP contribution is 2.30. The zero-order chi connectivity index (χ0) is 14.3. The van der Waals surface area contributed by atoms with E-state index in [1.807, 2.05) is 28.9 Å². The summed E-state index contributed by atoms with van der Waals surface area (Å²) in [7, 11) is 0. The van der Waals surface area contributed by atoms with Gasteiger partial charge in [-0.15, -0.1) is 0 Å². The summed E-state index contributed by atoms with van der Waals surface area (Å²) < 4.78 is 2.97. The molecule has 0 aliphatic carbocycles. The van der Waals surface area contributed by atoms with Crippen LogP contribution >= 0.6 is 34.2 Å². The number of fused-ring (bicyclic) bond motifs is 1. The maximum Gasteiger partial charge on any atom is 0.288 e. The van der Waals surface area contributed by atoms with Gasteiger partial charge in [-0.1, -0.05) is 17.7 Å². The number of nitro groups is 1. The number of aromatic nitrogens is 2. The van der Waals surface area contributed by atoms with Crippen LogP contribution in [0.4, 0.5) is 5.69 Å². The molecule has 0 aliphatic heterocycles. The average molecular weight is 400 g/mol. The van der Waals surface area contributed by atoms with E-state index in [2.05, 4.69) is 27.6 Å². The van der Waals surface area contributed by atoms with Crippen molar-refractivity contribution in [3.63, 3.8) is 0 Å². The Balaban J connectivity index is 2.15. The zero-order valence-electron chi connectivity index (χ0n) is 9.96. The first-order valence-electron chi connectivity index (χ1n) is 5.63. The summed E-state index contributed by atoms with van der Waals surface area (Å²) in [5, 5.41) is 11.0. The van der Waals surface area contributed by atoms with Gasteiger partial charge in [0.05, 0.1) is 10.6 Å². The fraction of sp³-hybridized carbons (Fsp3) is 0. The van der Waals surface area contributed by atoms with E-state index in [4.69, 9.17) is 11.6 Å². The normalized spacial score (nSPS) is 10.9. The number of benzene rings is 1. The molecule has 0 atom stereocenters. The molecule has 20 heavy (non-hydrogen) atoms. The highest BCUT2D eigenvalue weighted by molar-refractivity contribution is 14.1. The van der Waals surface area contributed by atoms with Crippen molar-refractivity contribution in [3.05, 3.63) is 61.4 Å². The van der Waals surface area contributed by atoms with Crippen molar-refractivity contribution < 1.29 is 4.92 Å². The molecule has 0 bridgehead atoms. The molecule has 2 aromatic heterocycles. The van der Waals surface area contributed by atoms with Gasteiger partial charge in [0, 0.05) is 27.6 Å². The molecule has 0 spiro atoms. The Morgan fingerprint density at radius 1 is 1.25 bits per heavy atom. The van der Waals surface area contributed by atoms with Gasteiger partial charge >= 0.3 is 0 Å². The molecule has 2 heterocycles. The molecule has 0 aliphatic rings. The molecule has 0 fully saturated rings. The van der Waals surface area contributed by atoms with E-state index >= 15 is 0 Å². The van der Waals surface area contributed by atoms with Crippen LogP contribution in [0.1, 0.15) is 0 Å². The molecule has 3 rings (SSSR count). The Labute approximate surface area is 132 Å². The van der Waals surface area contributed by atoms with E-state index in [1.165, 1.54) is 12.1 Å². The van der Waals surface area contributed by atoms with E-state index < -0.39 is 4.92 Å². The Morgan fingerprint density at radius 2 is 2.05 bits per heavy atom. The largest absolute Gasteiger partial charge is 0.305 e. The number of hydrogen-bond acceptors (Lipinski definition) is 3. The molecule has 1 aromatic carbocycles. The summed E-state index contributed by atoms with van der Waals surface area (Å²) in [5.74, 6) is 0. The number of rotatable bonds is 2. The van der Waals surface area contributed by atoms with Gasteiger partial charge in [0.1, 0.15) is 10.7 Å². The van der Waals surface area contributed by atoms with Crippen molar-refractivity contribution in [1.29, 1.82) is 0 Å². The van der Waals surface area contributed by atoms with Gasteiger partial charge in [-0.05, 0) is 40.8 Å². The minimum absolute atomic E-state index is 0.115. The summed E-state index contributed by atoms with van der Waals surface area (Å²) >= 11 is 8.02. The van der Waals surface area contributed by atoms with Gasteiger partial charge in [-0.3, -0.25) is 10.1 Å². The Kier molecular flexibility index (Phi) is 3.35. The number of nitrogens with zero attached hydrogens (tertiary/aromatic N) is 3. The van der Waals surface area contributed by atoms with Crippen molar-refractivity contribution in [3.8, 4) is 11.3 Å². The number of halogens is 2. The monoisotopic (exact) mass is 399 g/mol. The molecule has 0 unspecified atom stereocenters. The second-order valence-electron chi connectivity index (χ2n) is 4.16. The van der Waals surface area contributed by atoms with Gasteiger partial charge in [-0.25, -0.2) is 4.98 Å². The van der Waals surface area contributed by atoms with Crippen LogP contribution < -0.4 is 0 Å². The van der Waals surface area contributed by atoms with Gasteiger partial charge in [-0.2, -0.15) is 0 Å². The van der Waals surface area contributed by atoms with Crippen LogP contribution in [0.3, 0.4) is 0 Å². The number of hydrogen-bond donors (Lipinski definition) is 0. The van der Waals surface area contributed by atoms with Gasteiger partial charge in [0.25, 0.3) is 5.69 Å². The average Bonchev–Trinajstić information content (AvgIpc) is 2.81. The SMILES string of the molecule is O=[N+]([O-])c1cc(-c2cn3cc(I)ccc3n2)ccc1Cl. The zero-order valence-corrected chi connectivity index (χ0v) is 12.9. The molecule has 100 valence electrons. The van der Waals surface area contributed by atoms with Crippen molar-refractivity contribution in [1.82, 2.24) is 9.38 Å². The molecular formula is C13H7ClIN3O2. The van der Waals surface area contributed by atoms with E-state index in [1.54, 1.807) is 6.07 Å². The third kappa shape index (κ3) is 2.36. The molecule has 0 amide bonds. The lowest BCUT2D eigenvalue weighted by molar-refractivity contribution is -0.384.